The first-order valence-electron chi connectivity index (χ1n) is 6.11. The molecule has 0 bridgehead atoms. The molecule has 1 unspecified atom stereocenters. The van der Waals surface area contributed by atoms with Crippen LogP contribution in [0.1, 0.15) is 28.4 Å². The lowest BCUT2D eigenvalue weighted by molar-refractivity contribution is -0.148. The number of hydrogen-bond acceptors (Lipinski definition) is 3. The Kier molecular flexibility index (Phi) is 5.51. The Morgan fingerprint density at radius 2 is 2.00 bits per heavy atom. The zero-order chi connectivity index (χ0) is 14.4. The molecule has 1 atom stereocenters. The topological polar surface area (TPSA) is 75.6 Å². The van der Waals surface area contributed by atoms with Crippen molar-refractivity contribution in [2.24, 2.45) is 0 Å². The highest BCUT2D eigenvalue weighted by Gasteiger charge is 2.11. The fourth-order valence-electron chi connectivity index (χ4n) is 1.46. The lowest BCUT2D eigenvalue weighted by Gasteiger charge is -2.10. The van der Waals surface area contributed by atoms with Crippen LogP contribution in [-0.4, -0.2) is 36.2 Å². The number of nitrogens with one attached hydrogen (secondary N) is 1. The molecule has 2 N–H and O–H groups in total. The van der Waals surface area contributed by atoms with Crippen molar-refractivity contribution < 1.29 is 19.4 Å². The van der Waals surface area contributed by atoms with Gasteiger partial charge in [0.15, 0.2) is 6.10 Å². The monoisotopic (exact) mass is 265 g/mol. The van der Waals surface area contributed by atoms with Crippen LogP contribution in [0.4, 0.5) is 0 Å². The van der Waals surface area contributed by atoms with Gasteiger partial charge >= 0.3 is 5.97 Å². The molecule has 1 amide bonds. The summed E-state index contributed by atoms with van der Waals surface area (Å²) in [6.07, 6.45) is -0.862. The SMILES string of the molecule is Cc1ccc(C(=O)NCCOC(C)C(=O)O)cc1C. The number of carbonyl (C=O) groups is 2. The van der Waals surface area contributed by atoms with Gasteiger partial charge in [-0.05, 0) is 44.0 Å². The largest absolute Gasteiger partial charge is 0.479 e. The van der Waals surface area contributed by atoms with E-state index in [2.05, 4.69) is 5.32 Å². The van der Waals surface area contributed by atoms with E-state index >= 15 is 0 Å². The van der Waals surface area contributed by atoms with E-state index in [1.54, 1.807) is 6.07 Å². The number of carboxylic acid groups (broad SMARTS) is 1. The Balaban J connectivity index is 2.39. The molecule has 0 fully saturated rings. The highest BCUT2D eigenvalue weighted by atomic mass is 16.5. The van der Waals surface area contributed by atoms with Gasteiger partial charge in [0.05, 0.1) is 6.61 Å². The van der Waals surface area contributed by atoms with Crippen LogP contribution >= 0.6 is 0 Å². The van der Waals surface area contributed by atoms with Crippen molar-refractivity contribution in [3.63, 3.8) is 0 Å². The Labute approximate surface area is 112 Å². The number of benzene rings is 1. The third kappa shape index (κ3) is 4.71. The molecule has 0 saturated carbocycles. The summed E-state index contributed by atoms with van der Waals surface area (Å²) in [5.41, 5.74) is 2.79. The molecule has 0 heterocycles. The molecule has 0 aliphatic rings. The molecule has 5 nitrogen and oxygen atoms in total. The van der Waals surface area contributed by atoms with Crippen molar-refractivity contribution in [1.82, 2.24) is 5.32 Å². The average Bonchev–Trinajstić information content (AvgIpc) is 2.37. The molecule has 0 saturated heterocycles. The second-order valence-corrected chi connectivity index (χ2v) is 4.41. The second kappa shape index (κ2) is 6.89. The minimum Gasteiger partial charge on any atom is -0.479 e. The highest BCUT2D eigenvalue weighted by Crippen LogP contribution is 2.09. The van der Waals surface area contributed by atoms with Crippen molar-refractivity contribution in [2.75, 3.05) is 13.2 Å². The van der Waals surface area contributed by atoms with Gasteiger partial charge in [-0.15, -0.1) is 0 Å². The van der Waals surface area contributed by atoms with Gasteiger partial charge in [0.2, 0.25) is 0 Å². The molecule has 0 aliphatic carbocycles. The number of carboxylic acids is 1. The first-order valence-corrected chi connectivity index (χ1v) is 6.11. The van der Waals surface area contributed by atoms with Crippen LogP contribution in [0.2, 0.25) is 0 Å². The lowest BCUT2D eigenvalue weighted by atomic mass is 10.1. The van der Waals surface area contributed by atoms with Gasteiger partial charge in [0.25, 0.3) is 5.91 Å². The molecule has 1 rings (SSSR count). The summed E-state index contributed by atoms with van der Waals surface area (Å²) in [5.74, 6) is -1.20. The van der Waals surface area contributed by atoms with Crippen LogP contribution < -0.4 is 5.32 Å². The van der Waals surface area contributed by atoms with E-state index in [1.165, 1.54) is 6.92 Å². The van der Waals surface area contributed by atoms with E-state index in [4.69, 9.17) is 9.84 Å². The molecular weight excluding hydrogens is 246 g/mol. The van der Waals surface area contributed by atoms with Crippen molar-refractivity contribution in [3.8, 4) is 0 Å². The fourth-order valence-corrected chi connectivity index (χ4v) is 1.46. The van der Waals surface area contributed by atoms with Gasteiger partial charge in [0.1, 0.15) is 0 Å². The van der Waals surface area contributed by atoms with Crippen LogP contribution in [0.5, 0.6) is 0 Å². The minimum absolute atomic E-state index is 0.171. The van der Waals surface area contributed by atoms with E-state index in [0.717, 1.165) is 11.1 Å². The van der Waals surface area contributed by atoms with Crippen molar-refractivity contribution in [2.45, 2.75) is 26.9 Å². The van der Waals surface area contributed by atoms with E-state index in [0.29, 0.717) is 5.56 Å². The Morgan fingerprint density at radius 1 is 1.32 bits per heavy atom. The lowest BCUT2D eigenvalue weighted by Crippen LogP contribution is -2.30. The molecule has 1 aromatic carbocycles. The smallest absolute Gasteiger partial charge is 0.332 e. The summed E-state index contributed by atoms with van der Waals surface area (Å²) >= 11 is 0. The number of hydrogen-bond donors (Lipinski definition) is 2. The van der Waals surface area contributed by atoms with Gasteiger partial charge in [-0.1, -0.05) is 6.07 Å². The number of ether oxygens (including phenoxy) is 1. The molecule has 0 spiro atoms. The highest BCUT2D eigenvalue weighted by molar-refractivity contribution is 5.94. The minimum atomic E-state index is -1.01. The zero-order valence-corrected chi connectivity index (χ0v) is 11.4. The zero-order valence-electron chi connectivity index (χ0n) is 11.4. The first-order chi connectivity index (χ1) is 8.91. The number of aliphatic carboxylic acids is 1. The van der Waals surface area contributed by atoms with Gasteiger partial charge in [-0.3, -0.25) is 4.79 Å². The van der Waals surface area contributed by atoms with Crippen LogP contribution in [0.25, 0.3) is 0 Å². The van der Waals surface area contributed by atoms with E-state index in [9.17, 15) is 9.59 Å². The van der Waals surface area contributed by atoms with Gasteiger partial charge in [-0.25, -0.2) is 4.79 Å². The van der Waals surface area contributed by atoms with E-state index in [1.807, 2.05) is 26.0 Å². The van der Waals surface area contributed by atoms with Crippen molar-refractivity contribution in [1.29, 1.82) is 0 Å². The molecule has 0 aliphatic heterocycles. The van der Waals surface area contributed by atoms with Crippen LogP contribution in [0, 0.1) is 13.8 Å². The summed E-state index contributed by atoms with van der Waals surface area (Å²) < 4.78 is 5.02. The predicted octanol–water partition coefficient (Wildman–Crippen LogP) is 1.52. The Morgan fingerprint density at radius 3 is 2.58 bits per heavy atom. The third-order valence-corrected chi connectivity index (χ3v) is 2.87. The molecule has 5 heteroatoms. The maximum absolute atomic E-state index is 11.8. The van der Waals surface area contributed by atoms with Crippen LogP contribution in [0.3, 0.4) is 0 Å². The molecule has 0 radical (unpaired) electrons. The third-order valence-electron chi connectivity index (χ3n) is 2.87. The summed E-state index contributed by atoms with van der Waals surface area (Å²) in [5, 5.41) is 11.3. The number of rotatable bonds is 6. The van der Waals surface area contributed by atoms with Crippen molar-refractivity contribution in [3.05, 3.63) is 34.9 Å². The number of carbonyl (C=O) groups excluding carboxylic acids is 1. The summed E-state index contributed by atoms with van der Waals surface area (Å²) in [7, 11) is 0. The molecular formula is C14H19NO4. The predicted molar refractivity (Wildman–Crippen MR) is 71.3 cm³/mol. The Hall–Kier alpha value is -1.88. The normalized spacial score (nSPS) is 11.9. The molecule has 1 aromatic rings. The second-order valence-electron chi connectivity index (χ2n) is 4.41. The maximum atomic E-state index is 11.8. The standard InChI is InChI=1S/C14H19NO4/c1-9-4-5-12(8-10(9)2)13(16)15-6-7-19-11(3)14(17)18/h4-5,8,11H,6-7H2,1-3H3,(H,15,16)(H,17,18). The first kappa shape index (κ1) is 15.2. The maximum Gasteiger partial charge on any atom is 0.332 e. The number of aryl methyl sites for hydroxylation is 2. The van der Waals surface area contributed by atoms with Crippen LogP contribution in [-0.2, 0) is 9.53 Å². The van der Waals surface area contributed by atoms with Crippen molar-refractivity contribution >= 4 is 11.9 Å². The van der Waals surface area contributed by atoms with Gasteiger partial charge in [-0.2, -0.15) is 0 Å². The summed E-state index contributed by atoms with van der Waals surface area (Å²) in [4.78, 5) is 22.3. The number of amides is 1. The van der Waals surface area contributed by atoms with Gasteiger partial charge in [0, 0.05) is 12.1 Å². The molecule has 19 heavy (non-hydrogen) atoms. The van der Waals surface area contributed by atoms with Crippen LogP contribution in [0.15, 0.2) is 18.2 Å². The van der Waals surface area contributed by atoms with Gasteiger partial charge < -0.3 is 15.2 Å². The summed E-state index contributed by atoms with van der Waals surface area (Å²) in [6, 6.07) is 5.48. The molecule has 104 valence electrons. The average molecular weight is 265 g/mol. The summed E-state index contributed by atoms with van der Waals surface area (Å²) in [6.45, 7) is 5.84. The fraction of sp³-hybridized carbons (Fsp3) is 0.429. The molecule has 0 aromatic heterocycles. The van der Waals surface area contributed by atoms with E-state index < -0.39 is 12.1 Å². The quantitative estimate of drug-likeness (QED) is 0.765. The Bertz CT molecular complexity index is 471. The van der Waals surface area contributed by atoms with E-state index in [-0.39, 0.29) is 19.1 Å².